The second-order valence-corrected chi connectivity index (χ2v) is 8.26. The van der Waals surface area contributed by atoms with Crippen LogP contribution in [0.3, 0.4) is 0 Å². The maximum atomic E-state index is 12.5. The van der Waals surface area contributed by atoms with E-state index in [1.165, 1.54) is 0 Å². The predicted octanol–water partition coefficient (Wildman–Crippen LogP) is 4.38. The molecule has 5 heteroatoms. The summed E-state index contributed by atoms with van der Waals surface area (Å²) in [7, 11) is 1.67. The van der Waals surface area contributed by atoms with Gasteiger partial charge in [0.1, 0.15) is 11.4 Å². The molecule has 0 fully saturated rings. The van der Waals surface area contributed by atoms with E-state index in [0.29, 0.717) is 13.1 Å². The molecule has 25 heavy (non-hydrogen) atoms. The molecule has 0 aliphatic heterocycles. The van der Waals surface area contributed by atoms with Crippen molar-refractivity contribution in [3.05, 3.63) is 29.8 Å². The average molecular weight is 351 g/mol. The lowest BCUT2D eigenvalue weighted by atomic mass is 10.1. The molecule has 1 aromatic carbocycles. The number of benzene rings is 1. The van der Waals surface area contributed by atoms with Gasteiger partial charge in [-0.1, -0.05) is 12.1 Å². The highest BCUT2D eigenvalue weighted by molar-refractivity contribution is 5.69. The first-order valence-electron chi connectivity index (χ1n) is 8.82. The zero-order valence-electron chi connectivity index (χ0n) is 17.0. The van der Waals surface area contributed by atoms with Crippen molar-refractivity contribution in [1.82, 2.24) is 10.2 Å². The summed E-state index contributed by atoms with van der Waals surface area (Å²) in [4.78, 5) is 14.3. The van der Waals surface area contributed by atoms with Crippen LogP contribution in [-0.2, 0) is 4.74 Å². The number of rotatable bonds is 6. The molecule has 0 bridgehead atoms. The summed E-state index contributed by atoms with van der Waals surface area (Å²) in [6, 6.07) is 8.16. The lowest BCUT2D eigenvalue weighted by Crippen LogP contribution is -2.50. The Balaban J connectivity index is 2.66. The lowest BCUT2D eigenvalue weighted by molar-refractivity contribution is 0.00649. The van der Waals surface area contributed by atoms with Gasteiger partial charge in [-0.15, -0.1) is 0 Å². The van der Waals surface area contributed by atoms with E-state index in [9.17, 15) is 4.79 Å². The van der Waals surface area contributed by atoms with Crippen molar-refractivity contribution in [3.8, 4) is 5.75 Å². The molecule has 0 saturated heterocycles. The van der Waals surface area contributed by atoms with Crippen LogP contribution in [0.15, 0.2) is 24.3 Å². The first kappa shape index (κ1) is 21.3. The highest BCUT2D eigenvalue weighted by atomic mass is 16.6. The molecule has 142 valence electrons. The Hall–Kier alpha value is -1.75. The molecule has 5 nitrogen and oxygen atoms in total. The molecule has 0 aliphatic carbocycles. The molecule has 0 heterocycles. The Morgan fingerprint density at radius 1 is 1.20 bits per heavy atom. The normalized spacial score (nSPS) is 13.3. The van der Waals surface area contributed by atoms with Crippen LogP contribution in [0.4, 0.5) is 4.79 Å². The van der Waals surface area contributed by atoms with E-state index < -0.39 is 5.60 Å². The fourth-order valence-corrected chi connectivity index (χ4v) is 2.44. The topological polar surface area (TPSA) is 50.8 Å². The second-order valence-electron chi connectivity index (χ2n) is 8.26. The van der Waals surface area contributed by atoms with Gasteiger partial charge in [0.2, 0.25) is 0 Å². The van der Waals surface area contributed by atoms with E-state index in [1.807, 2.05) is 59.7 Å². The van der Waals surface area contributed by atoms with Gasteiger partial charge in [-0.2, -0.15) is 0 Å². The van der Waals surface area contributed by atoms with Crippen molar-refractivity contribution in [2.45, 2.75) is 65.6 Å². The summed E-state index contributed by atoms with van der Waals surface area (Å²) in [6.45, 7) is 15.1. The summed E-state index contributed by atoms with van der Waals surface area (Å²) in [5, 5.41) is 3.47. The zero-order valence-corrected chi connectivity index (χ0v) is 17.0. The molecule has 1 N–H and O–H groups in total. The summed E-state index contributed by atoms with van der Waals surface area (Å²) >= 11 is 0. The quantitative estimate of drug-likeness (QED) is 0.827. The van der Waals surface area contributed by atoms with Crippen LogP contribution in [0.1, 0.15) is 60.1 Å². The molecule has 1 rings (SSSR count). The molecular weight excluding hydrogens is 316 g/mol. The number of amides is 1. The van der Waals surface area contributed by atoms with Crippen molar-refractivity contribution >= 4 is 6.09 Å². The van der Waals surface area contributed by atoms with Crippen LogP contribution in [0, 0.1) is 0 Å². The molecular formula is C20H34N2O3. The third kappa shape index (κ3) is 7.34. The number of carbonyl (C=O) groups excluding carboxylic acids is 1. The molecule has 0 spiro atoms. The van der Waals surface area contributed by atoms with Crippen LogP contribution in [0.2, 0.25) is 0 Å². The fourth-order valence-electron chi connectivity index (χ4n) is 2.44. The summed E-state index contributed by atoms with van der Waals surface area (Å²) < 4.78 is 10.8. The van der Waals surface area contributed by atoms with Crippen molar-refractivity contribution < 1.29 is 14.3 Å². The Morgan fingerprint density at radius 3 is 2.36 bits per heavy atom. The van der Waals surface area contributed by atoms with E-state index in [2.05, 4.69) is 18.3 Å². The molecule has 1 amide bonds. The molecule has 0 unspecified atom stereocenters. The van der Waals surface area contributed by atoms with E-state index in [1.54, 1.807) is 12.0 Å². The number of nitrogens with zero attached hydrogens (tertiary/aromatic N) is 1. The highest BCUT2D eigenvalue weighted by Gasteiger charge is 2.30. The Labute approximate surface area is 152 Å². The largest absolute Gasteiger partial charge is 0.497 e. The van der Waals surface area contributed by atoms with Crippen LogP contribution < -0.4 is 10.1 Å². The van der Waals surface area contributed by atoms with E-state index in [0.717, 1.165) is 11.3 Å². The summed E-state index contributed by atoms with van der Waals surface area (Å²) in [5.41, 5.74) is 0.351. The third-order valence-electron chi connectivity index (χ3n) is 3.80. The lowest BCUT2D eigenvalue weighted by Gasteiger charge is -2.37. The van der Waals surface area contributed by atoms with Gasteiger partial charge in [-0.25, -0.2) is 4.79 Å². The number of carbonyl (C=O) groups is 1. The van der Waals surface area contributed by atoms with Gasteiger partial charge >= 0.3 is 6.09 Å². The van der Waals surface area contributed by atoms with Gasteiger partial charge in [0.15, 0.2) is 0 Å². The molecule has 1 atom stereocenters. The van der Waals surface area contributed by atoms with Crippen LogP contribution in [0.25, 0.3) is 0 Å². The SMILES string of the molecule is COc1cccc([C@H](C)NCCN(C(=O)OC(C)(C)C)C(C)(C)C)c1. The number of ether oxygens (including phenoxy) is 2. The number of hydrogen-bond donors (Lipinski definition) is 1. The zero-order chi connectivity index (χ0) is 19.3. The number of nitrogens with one attached hydrogen (secondary N) is 1. The smallest absolute Gasteiger partial charge is 0.410 e. The van der Waals surface area contributed by atoms with Crippen LogP contribution >= 0.6 is 0 Å². The first-order chi connectivity index (χ1) is 11.4. The van der Waals surface area contributed by atoms with Crippen molar-refractivity contribution in [3.63, 3.8) is 0 Å². The minimum Gasteiger partial charge on any atom is -0.497 e. The monoisotopic (exact) mass is 350 g/mol. The standard InChI is InChI=1S/C20H34N2O3/c1-15(16-10-9-11-17(14-16)24-8)21-12-13-22(19(2,3)4)18(23)25-20(5,6)7/h9-11,14-15,21H,12-13H2,1-8H3/t15-/m0/s1. The molecule has 1 aromatic rings. The fraction of sp³-hybridized carbons (Fsp3) is 0.650. The van der Waals surface area contributed by atoms with Crippen LogP contribution in [-0.4, -0.2) is 42.3 Å². The minimum atomic E-state index is -0.498. The Morgan fingerprint density at radius 2 is 1.84 bits per heavy atom. The van der Waals surface area contributed by atoms with Crippen molar-refractivity contribution in [1.29, 1.82) is 0 Å². The molecule has 0 saturated carbocycles. The summed E-state index contributed by atoms with van der Waals surface area (Å²) in [6.07, 6.45) is -0.282. The van der Waals surface area contributed by atoms with Crippen molar-refractivity contribution in [2.75, 3.05) is 20.2 Å². The number of methoxy groups -OCH3 is 1. The molecule has 0 aromatic heterocycles. The molecule has 0 aliphatic rings. The summed E-state index contributed by atoms with van der Waals surface area (Å²) in [5.74, 6) is 0.844. The van der Waals surface area contributed by atoms with E-state index >= 15 is 0 Å². The van der Waals surface area contributed by atoms with Gasteiger partial charge in [0.25, 0.3) is 0 Å². The van der Waals surface area contributed by atoms with E-state index in [4.69, 9.17) is 9.47 Å². The van der Waals surface area contributed by atoms with Gasteiger partial charge in [-0.3, -0.25) is 0 Å². The Kier molecular flexibility index (Phi) is 7.29. The van der Waals surface area contributed by atoms with Crippen molar-refractivity contribution in [2.24, 2.45) is 0 Å². The van der Waals surface area contributed by atoms with E-state index in [-0.39, 0.29) is 17.7 Å². The highest BCUT2D eigenvalue weighted by Crippen LogP contribution is 2.20. The average Bonchev–Trinajstić information content (AvgIpc) is 2.48. The van der Waals surface area contributed by atoms with Gasteiger partial charge in [0.05, 0.1) is 7.11 Å². The third-order valence-corrected chi connectivity index (χ3v) is 3.80. The first-order valence-corrected chi connectivity index (χ1v) is 8.82. The van der Waals surface area contributed by atoms with Gasteiger partial charge in [-0.05, 0) is 66.2 Å². The second kappa shape index (κ2) is 8.56. The maximum absolute atomic E-state index is 12.5. The maximum Gasteiger partial charge on any atom is 0.410 e. The van der Waals surface area contributed by atoms with Gasteiger partial charge < -0.3 is 19.7 Å². The molecule has 0 radical (unpaired) electrons. The Bertz CT molecular complexity index is 559. The van der Waals surface area contributed by atoms with Gasteiger partial charge in [0, 0.05) is 24.7 Å². The van der Waals surface area contributed by atoms with Crippen LogP contribution in [0.5, 0.6) is 5.75 Å². The number of hydrogen-bond acceptors (Lipinski definition) is 4. The minimum absolute atomic E-state index is 0.163. The predicted molar refractivity (Wildman–Crippen MR) is 102 cm³/mol.